The molecule has 1 aromatic rings. The van der Waals surface area contributed by atoms with Crippen LogP contribution in [0.1, 0.15) is 39.0 Å². The molecule has 0 aromatic heterocycles. The highest BCUT2D eigenvalue weighted by molar-refractivity contribution is 7.92. The first kappa shape index (κ1) is 19.8. The fraction of sp³-hybridized carbons (Fsp3) is 0.500. The molecule has 0 fully saturated rings. The maximum atomic E-state index is 12.7. The van der Waals surface area contributed by atoms with Crippen LogP contribution in [0.25, 0.3) is 0 Å². The molecular formula is C18H25ClN2O3S. The molecular weight excluding hydrogens is 360 g/mol. The van der Waals surface area contributed by atoms with Gasteiger partial charge in [-0.15, -0.1) is 0 Å². The molecule has 1 N–H and O–H groups in total. The average molecular weight is 385 g/mol. The summed E-state index contributed by atoms with van der Waals surface area (Å²) in [6.45, 7) is 2.28. The number of benzene rings is 1. The van der Waals surface area contributed by atoms with Crippen LogP contribution in [-0.2, 0) is 14.8 Å². The third kappa shape index (κ3) is 5.47. The van der Waals surface area contributed by atoms with Crippen molar-refractivity contribution < 1.29 is 13.2 Å². The smallest absolute Gasteiger partial charge is 0.244 e. The zero-order chi connectivity index (χ0) is 18.4. The number of rotatable bonds is 7. The fourth-order valence-electron chi connectivity index (χ4n) is 3.03. The number of carbonyl (C=O) groups excluding carboxylic acids is 1. The van der Waals surface area contributed by atoms with Gasteiger partial charge < -0.3 is 5.32 Å². The molecule has 5 nitrogen and oxygen atoms in total. The minimum Gasteiger partial charge on any atom is -0.351 e. The zero-order valence-corrected chi connectivity index (χ0v) is 16.2. The molecule has 7 heteroatoms. The van der Waals surface area contributed by atoms with E-state index in [-0.39, 0.29) is 5.91 Å². The van der Waals surface area contributed by atoms with Crippen molar-refractivity contribution in [2.75, 3.05) is 17.1 Å². The second kappa shape index (κ2) is 8.72. The zero-order valence-electron chi connectivity index (χ0n) is 14.7. The van der Waals surface area contributed by atoms with Crippen LogP contribution in [0.15, 0.2) is 35.9 Å². The molecule has 0 radical (unpaired) electrons. The van der Waals surface area contributed by atoms with Gasteiger partial charge in [-0.3, -0.25) is 9.10 Å². The molecule has 1 amide bonds. The number of halogens is 1. The van der Waals surface area contributed by atoms with Crippen LogP contribution in [0.2, 0.25) is 5.02 Å². The summed E-state index contributed by atoms with van der Waals surface area (Å²) in [5.74, 6) is -0.283. The standard InChI is InChI=1S/C18H25ClN2O3S/c1-3-17(18(22)20-13-14-7-5-4-6-8-14)21(25(2,23)24)16-11-9-15(19)10-12-16/h7,9-12,17H,3-6,8,13H2,1-2H3,(H,20,22)/t17-/m1/s1. The molecule has 1 aliphatic rings. The Morgan fingerprint density at radius 3 is 2.48 bits per heavy atom. The van der Waals surface area contributed by atoms with Crippen molar-refractivity contribution in [1.82, 2.24) is 5.32 Å². The Kier molecular flexibility index (Phi) is 6.90. The maximum absolute atomic E-state index is 12.7. The van der Waals surface area contributed by atoms with Crippen LogP contribution < -0.4 is 9.62 Å². The molecule has 0 spiro atoms. The Hall–Kier alpha value is -1.53. The topological polar surface area (TPSA) is 66.5 Å². The molecule has 1 atom stereocenters. The third-order valence-corrected chi connectivity index (χ3v) is 5.72. The van der Waals surface area contributed by atoms with Crippen LogP contribution in [0, 0.1) is 0 Å². The number of nitrogens with one attached hydrogen (secondary N) is 1. The van der Waals surface area contributed by atoms with Gasteiger partial charge in [-0.05, 0) is 56.4 Å². The molecule has 0 unspecified atom stereocenters. The average Bonchev–Trinajstić information content (AvgIpc) is 2.58. The Balaban J connectivity index is 2.19. The largest absolute Gasteiger partial charge is 0.351 e. The van der Waals surface area contributed by atoms with E-state index < -0.39 is 16.1 Å². The number of nitrogens with zero attached hydrogens (tertiary/aromatic N) is 1. The Bertz CT molecular complexity index is 729. The summed E-state index contributed by atoms with van der Waals surface area (Å²) in [6, 6.07) is 5.67. The molecule has 1 aromatic carbocycles. The van der Waals surface area contributed by atoms with Gasteiger partial charge in [0.15, 0.2) is 0 Å². The van der Waals surface area contributed by atoms with Gasteiger partial charge in [0.1, 0.15) is 6.04 Å². The third-order valence-electron chi connectivity index (χ3n) is 4.29. The van der Waals surface area contributed by atoms with Gasteiger partial charge in [0.2, 0.25) is 15.9 Å². The molecule has 2 rings (SSSR count). The first-order chi connectivity index (χ1) is 11.8. The summed E-state index contributed by atoms with van der Waals surface area (Å²) in [5.41, 5.74) is 1.65. The monoisotopic (exact) mass is 384 g/mol. The lowest BCUT2D eigenvalue weighted by molar-refractivity contribution is -0.122. The van der Waals surface area contributed by atoms with Crippen LogP contribution in [-0.4, -0.2) is 33.2 Å². The van der Waals surface area contributed by atoms with Gasteiger partial charge in [-0.1, -0.05) is 30.2 Å². The highest BCUT2D eigenvalue weighted by Gasteiger charge is 2.31. The van der Waals surface area contributed by atoms with E-state index in [0.717, 1.165) is 25.5 Å². The lowest BCUT2D eigenvalue weighted by Gasteiger charge is -2.30. The predicted molar refractivity (Wildman–Crippen MR) is 102 cm³/mol. The van der Waals surface area contributed by atoms with E-state index in [1.54, 1.807) is 31.2 Å². The second-order valence-electron chi connectivity index (χ2n) is 6.29. The highest BCUT2D eigenvalue weighted by atomic mass is 35.5. The minimum absolute atomic E-state index is 0.283. The van der Waals surface area contributed by atoms with Crippen LogP contribution in [0.4, 0.5) is 5.69 Å². The molecule has 0 heterocycles. The summed E-state index contributed by atoms with van der Waals surface area (Å²) >= 11 is 5.89. The van der Waals surface area contributed by atoms with E-state index in [2.05, 4.69) is 11.4 Å². The second-order valence-corrected chi connectivity index (χ2v) is 8.58. The summed E-state index contributed by atoms with van der Waals surface area (Å²) in [6.07, 6.45) is 8.01. The Labute approximate surface area is 155 Å². The Morgan fingerprint density at radius 2 is 1.96 bits per heavy atom. The quantitative estimate of drug-likeness (QED) is 0.731. The van der Waals surface area contributed by atoms with Gasteiger partial charge in [-0.25, -0.2) is 8.42 Å². The van der Waals surface area contributed by atoms with Crippen LogP contribution in [0.3, 0.4) is 0 Å². The minimum atomic E-state index is -3.62. The van der Waals surface area contributed by atoms with Crippen molar-refractivity contribution in [3.8, 4) is 0 Å². The van der Waals surface area contributed by atoms with Gasteiger partial charge in [0.25, 0.3) is 0 Å². The van der Waals surface area contributed by atoms with Crippen molar-refractivity contribution in [2.45, 2.75) is 45.1 Å². The van der Waals surface area contributed by atoms with E-state index in [4.69, 9.17) is 11.6 Å². The van der Waals surface area contributed by atoms with Gasteiger partial charge in [0.05, 0.1) is 11.9 Å². The number of hydrogen-bond acceptors (Lipinski definition) is 3. The highest BCUT2D eigenvalue weighted by Crippen LogP contribution is 2.24. The van der Waals surface area contributed by atoms with Crippen molar-refractivity contribution in [2.24, 2.45) is 0 Å². The van der Waals surface area contributed by atoms with E-state index in [1.807, 2.05) is 0 Å². The summed E-state index contributed by atoms with van der Waals surface area (Å²) < 4.78 is 25.8. The first-order valence-corrected chi connectivity index (χ1v) is 10.8. The number of carbonyl (C=O) groups is 1. The van der Waals surface area contributed by atoms with E-state index in [1.165, 1.54) is 16.3 Å². The van der Waals surface area contributed by atoms with Crippen molar-refractivity contribution in [3.05, 3.63) is 40.9 Å². The van der Waals surface area contributed by atoms with Crippen molar-refractivity contribution in [3.63, 3.8) is 0 Å². The van der Waals surface area contributed by atoms with Crippen LogP contribution >= 0.6 is 11.6 Å². The Morgan fingerprint density at radius 1 is 1.28 bits per heavy atom. The number of sulfonamides is 1. The van der Waals surface area contributed by atoms with Gasteiger partial charge in [-0.2, -0.15) is 0 Å². The molecule has 1 aliphatic carbocycles. The number of anilines is 1. The molecule has 0 aliphatic heterocycles. The molecule has 25 heavy (non-hydrogen) atoms. The maximum Gasteiger partial charge on any atom is 0.244 e. The predicted octanol–water partition coefficient (Wildman–Crippen LogP) is 3.50. The van der Waals surface area contributed by atoms with Gasteiger partial charge in [0, 0.05) is 11.6 Å². The first-order valence-electron chi connectivity index (χ1n) is 8.53. The van der Waals surface area contributed by atoms with Crippen molar-refractivity contribution in [1.29, 1.82) is 0 Å². The summed E-state index contributed by atoms with van der Waals surface area (Å²) in [5, 5.41) is 3.41. The SMILES string of the molecule is CC[C@H](C(=O)NCC1=CCCCC1)N(c1ccc(Cl)cc1)S(C)(=O)=O. The summed E-state index contributed by atoms with van der Waals surface area (Å²) in [7, 11) is -3.62. The van der Waals surface area contributed by atoms with Crippen molar-refractivity contribution >= 4 is 33.2 Å². The van der Waals surface area contributed by atoms with Crippen LogP contribution in [0.5, 0.6) is 0 Å². The van der Waals surface area contributed by atoms with Gasteiger partial charge >= 0.3 is 0 Å². The summed E-state index contributed by atoms with van der Waals surface area (Å²) in [4.78, 5) is 12.7. The lowest BCUT2D eigenvalue weighted by atomic mass is 9.99. The molecule has 138 valence electrons. The normalized spacial score (nSPS) is 16.0. The number of hydrogen-bond donors (Lipinski definition) is 1. The lowest BCUT2D eigenvalue weighted by Crippen LogP contribution is -2.49. The number of amides is 1. The fourth-order valence-corrected chi connectivity index (χ4v) is 4.37. The molecule has 0 bridgehead atoms. The number of allylic oxidation sites excluding steroid dienone is 1. The molecule has 0 saturated carbocycles. The van der Waals surface area contributed by atoms with E-state index in [0.29, 0.717) is 23.7 Å². The van der Waals surface area contributed by atoms with E-state index >= 15 is 0 Å². The van der Waals surface area contributed by atoms with E-state index in [9.17, 15) is 13.2 Å². The molecule has 0 saturated heterocycles.